The van der Waals surface area contributed by atoms with E-state index in [1.807, 2.05) is 24.3 Å². The normalized spacial score (nSPS) is 13.8. The highest BCUT2D eigenvalue weighted by molar-refractivity contribution is 7.18. The first-order valence-electron chi connectivity index (χ1n) is 9.15. The molecule has 0 bridgehead atoms. The number of Topliss-reactive ketones (excluding diaryl/α,β-unsaturated/α-hetero) is 1. The number of hydrogen-bond donors (Lipinski definition) is 1. The summed E-state index contributed by atoms with van der Waals surface area (Å²) >= 11 is 7.14. The molecule has 1 aliphatic heterocycles. The molecule has 1 N–H and O–H groups in total. The molecule has 0 aliphatic carbocycles. The Bertz CT molecular complexity index is 990. The molecule has 28 heavy (non-hydrogen) atoms. The summed E-state index contributed by atoms with van der Waals surface area (Å²) in [7, 11) is 0. The van der Waals surface area contributed by atoms with Crippen LogP contribution in [0, 0.1) is 5.41 Å². The second-order valence-corrected chi connectivity index (χ2v) is 8.37. The van der Waals surface area contributed by atoms with E-state index < -0.39 is 0 Å². The topological polar surface area (TPSA) is 83.1 Å². The number of aryl methyl sites for hydroxylation is 1. The fourth-order valence-corrected chi connectivity index (χ4v) is 4.19. The van der Waals surface area contributed by atoms with Gasteiger partial charge in [0.2, 0.25) is 11.7 Å². The van der Waals surface area contributed by atoms with E-state index >= 15 is 0 Å². The molecule has 144 valence electrons. The number of benzene rings is 1. The van der Waals surface area contributed by atoms with Gasteiger partial charge in [0, 0.05) is 37.1 Å². The number of amidine groups is 1. The highest BCUT2D eigenvalue weighted by Gasteiger charge is 2.17. The molecule has 8 heteroatoms. The third kappa shape index (κ3) is 4.15. The zero-order valence-corrected chi connectivity index (χ0v) is 16.7. The fourth-order valence-electron chi connectivity index (χ4n) is 3.18. The molecule has 1 aromatic carbocycles. The van der Waals surface area contributed by atoms with Gasteiger partial charge in [0.25, 0.3) is 0 Å². The second kappa shape index (κ2) is 8.24. The predicted molar refractivity (Wildman–Crippen MR) is 109 cm³/mol. The van der Waals surface area contributed by atoms with E-state index in [9.17, 15) is 4.79 Å². The fraction of sp³-hybridized carbons (Fsp3) is 0.300. The average molecular weight is 415 g/mol. The summed E-state index contributed by atoms with van der Waals surface area (Å²) in [5.74, 6) is 1.49. The highest BCUT2D eigenvalue weighted by atomic mass is 35.5. The third-order valence-electron chi connectivity index (χ3n) is 4.72. The number of likely N-dealkylation sites (tertiary alicyclic amines) is 1. The number of carbonyl (C=O) groups is 1. The summed E-state index contributed by atoms with van der Waals surface area (Å²) < 4.78 is 5.88. The Kier molecular flexibility index (Phi) is 5.54. The minimum absolute atomic E-state index is 0.0152. The van der Waals surface area contributed by atoms with E-state index in [2.05, 4.69) is 15.0 Å². The van der Waals surface area contributed by atoms with Crippen LogP contribution in [0.5, 0.6) is 0 Å². The van der Waals surface area contributed by atoms with Crippen molar-refractivity contribution in [3.63, 3.8) is 0 Å². The van der Waals surface area contributed by atoms with Crippen LogP contribution in [-0.4, -0.2) is 39.7 Å². The summed E-state index contributed by atoms with van der Waals surface area (Å²) in [6.07, 6.45) is 2.98. The average Bonchev–Trinajstić information content (AvgIpc) is 3.47. The van der Waals surface area contributed by atoms with Crippen LogP contribution in [0.2, 0.25) is 4.34 Å². The Morgan fingerprint density at radius 3 is 2.61 bits per heavy atom. The molecule has 0 unspecified atom stereocenters. The molecule has 6 nitrogen and oxygen atoms in total. The molecular weight excluding hydrogens is 396 g/mol. The van der Waals surface area contributed by atoms with Crippen molar-refractivity contribution < 1.29 is 9.32 Å². The van der Waals surface area contributed by atoms with Crippen molar-refractivity contribution in [1.82, 2.24) is 15.0 Å². The minimum atomic E-state index is 0.0152. The molecule has 1 saturated heterocycles. The zero-order valence-electron chi connectivity index (χ0n) is 15.2. The zero-order chi connectivity index (χ0) is 19.5. The lowest BCUT2D eigenvalue weighted by Crippen LogP contribution is -2.27. The van der Waals surface area contributed by atoms with Crippen molar-refractivity contribution in [2.24, 2.45) is 0 Å². The predicted octanol–water partition coefficient (Wildman–Crippen LogP) is 4.69. The van der Waals surface area contributed by atoms with Gasteiger partial charge in [-0.1, -0.05) is 41.0 Å². The quantitative estimate of drug-likeness (QED) is 0.359. The van der Waals surface area contributed by atoms with E-state index in [0.29, 0.717) is 39.6 Å². The SMILES string of the molecule is N=C(c1ccc(-c2noc(CCC(=O)c3ccc(Cl)s3)n2)cc1)N1CCCC1. The van der Waals surface area contributed by atoms with Gasteiger partial charge in [0.1, 0.15) is 5.84 Å². The van der Waals surface area contributed by atoms with E-state index in [1.54, 1.807) is 12.1 Å². The van der Waals surface area contributed by atoms with Gasteiger partial charge >= 0.3 is 0 Å². The van der Waals surface area contributed by atoms with Crippen LogP contribution >= 0.6 is 22.9 Å². The van der Waals surface area contributed by atoms with Gasteiger partial charge < -0.3 is 9.42 Å². The van der Waals surface area contributed by atoms with Crippen molar-refractivity contribution in [1.29, 1.82) is 5.41 Å². The monoisotopic (exact) mass is 414 g/mol. The molecule has 1 aliphatic rings. The van der Waals surface area contributed by atoms with Gasteiger partial charge in [-0.05, 0) is 25.0 Å². The van der Waals surface area contributed by atoms with E-state index in [0.717, 1.165) is 37.1 Å². The Morgan fingerprint density at radius 1 is 1.18 bits per heavy atom. The molecule has 2 aromatic heterocycles. The number of thiophene rings is 1. The molecule has 0 radical (unpaired) electrons. The van der Waals surface area contributed by atoms with Gasteiger partial charge in [-0.25, -0.2) is 0 Å². The first kappa shape index (κ1) is 18.8. The second-order valence-electron chi connectivity index (χ2n) is 6.66. The van der Waals surface area contributed by atoms with Crippen molar-refractivity contribution in [3.05, 3.63) is 57.1 Å². The Balaban J connectivity index is 1.38. The van der Waals surface area contributed by atoms with E-state index in [1.165, 1.54) is 11.3 Å². The van der Waals surface area contributed by atoms with Crippen LogP contribution in [-0.2, 0) is 6.42 Å². The molecule has 0 saturated carbocycles. The number of hydrogen-bond acceptors (Lipinski definition) is 6. The molecule has 3 heterocycles. The van der Waals surface area contributed by atoms with Crippen LogP contribution in [0.25, 0.3) is 11.4 Å². The summed E-state index contributed by atoms with van der Waals surface area (Å²) in [4.78, 5) is 19.3. The number of nitrogens with one attached hydrogen (secondary N) is 1. The van der Waals surface area contributed by atoms with Gasteiger partial charge in [-0.2, -0.15) is 4.98 Å². The van der Waals surface area contributed by atoms with Crippen LogP contribution in [0.3, 0.4) is 0 Å². The maximum atomic E-state index is 12.2. The highest BCUT2D eigenvalue weighted by Crippen LogP contribution is 2.23. The largest absolute Gasteiger partial charge is 0.357 e. The molecule has 4 rings (SSSR count). The molecule has 0 amide bonds. The van der Waals surface area contributed by atoms with E-state index in [-0.39, 0.29) is 5.78 Å². The smallest absolute Gasteiger partial charge is 0.227 e. The molecule has 0 atom stereocenters. The molecule has 0 spiro atoms. The van der Waals surface area contributed by atoms with Crippen LogP contribution in [0.4, 0.5) is 0 Å². The van der Waals surface area contributed by atoms with Crippen molar-refractivity contribution in [3.8, 4) is 11.4 Å². The number of carbonyl (C=O) groups excluding carboxylic acids is 1. The maximum absolute atomic E-state index is 12.2. The van der Waals surface area contributed by atoms with Gasteiger partial charge in [0.15, 0.2) is 5.78 Å². The van der Waals surface area contributed by atoms with Crippen LogP contribution in [0.15, 0.2) is 40.9 Å². The lowest BCUT2D eigenvalue weighted by atomic mass is 10.1. The van der Waals surface area contributed by atoms with Gasteiger partial charge in [-0.15, -0.1) is 11.3 Å². The van der Waals surface area contributed by atoms with Crippen molar-refractivity contribution in [2.75, 3.05) is 13.1 Å². The van der Waals surface area contributed by atoms with Crippen LogP contribution in [0.1, 0.15) is 40.4 Å². The van der Waals surface area contributed by atoms with E-state index in [4.69, 9.17) is 21.5 Å². The number of nitrogens with zero attached hydrogens (tertiary/aromatic N) is 3. The van der Waals surface area contributed by atoms with Crippen molar-refractivity contribution in [2.45, 2.75) is 25.7 Å². The van der Waals surface area contributed by atoms with Crippen molar-refractivity contribution >= 4 is 34.6 Å². The Morgan fingerprint density at radius 2 is 1.93 bits per heavy atom. The number of halogens is 1. The standard InChI is InChI=1S/C20H19ClN4O2S/c21-17-9-8-16(28-17)15(26)7-10-18-23-20(24-27-18)14-5-3-13(4-6-14)19(22)25-11-1-2-12-25/h3-6,8-9,22H,1-2,7,10-12H2. The minimum Gasteiger partial charge on any atom is -0.357 e. The van der Waals surface area contributed by atoms with Gasteiger partial charge in [-0.3, -0.25) is 10.2 Å². The summed E-state index contributed by atoms with van der Waals surface area (Å²) in [5, 5.41) is 12.3. The third-order valence-corrected chi connectivity index (χ3v) is 5.99. The number of ketones is 1. The first-order valence-corrected chi connectivity index (χ1v) is 10.3. The van der Waals surface area contributed by atoms with Gasteiger partial charge in [0.05, 0.1) is 9.21 Å². The summed E-state index contributed by atoms with van der Waals surface area (Å²) in [6.45, 7) is 1.90. The molecule has 1 fully saturated rings. The first-order chi connectivity index (χ1) is 13.6. The molecule has 3 aromatic rings. The van der Waals surface area contributed by atoms with Crippen LogP contribution < -0.4 is 0 Å². The summed E-state index contributed by atoms with van der Waals surface area (Å²) in [5.41, 5.74) is 1.71. The lowest BCUT2D eigenvalue weighted by molar-refractivity contribution is 0.0983. The lowest BCUT2D eigenvalue weighted by Gasteiger charge is -2.18. The molecular formula is C20H19ClN4O2S. The number of aromatic nitrogens is 2. The Labute approximate surface area is 171 Å². The summed E-state index contributed by atoms with van der Waals surface area (Å²) in [6, 6.07) is 11.1. The maximum Gasteiger partial charge on any atom is 0.227 e. The Hall–Kier alpha value is -2.51. The number of rotatable bonds is 6.